The smallest absolute Gasteiger partial charge is 0.226 e. The van der Waals surface area contributed by atoms with Crippen LogP contribution in [0.25, 0.3) is 0 Å². The molecule has 4 rings (SSSR count). The van der Waals surface area contributed by atoms with Crippen molar-refractivity contribution < 1.29 is 14.3 Å². The van der Waals surface area contributed by atoms with Crippen LogP contribution in [0.3, 0.4) is 0 Å². The number of hydrogen-bond acceptors (Lipinski definition) is 4. The molecule has 1 amide bonds. The predicted octanol–water partition coefficient (Wildman–Crippen LogP) is 1.75. The molecule has 1 saturated heterocycles. The highest BCUT2D eigenvalue weighted by Gasteiger charge is 2.36. The molecule has 6 heteroatoms. The van der Waals surface area contributed by atoms with Crippen LogP contribution in [0.4, 0.5) is 0 Å². The van der Waals surface area contributed by atoms with E-state index in [-0.39, 0.29) is 17.9 Å². The van der Waals surface area contributed by atoms with Crippen molar-refractivity contribution in [2.24, 2.45) is 13.0 Å². The van der Waals surface area contributed by atoms with Gasteiger partial charge in [-0.05, 0) is 18.1 Å². The van der Waals surface area contributed by atoms with Crippen LogP contribution >= 0.6 is 0 Å². The van der Waals surface area contributed by atoms with Gasteiger partial charge in [-0.1, -0.05) is 18.2 Å². The fourth-order valence-electron chi connectivity index (χ4n) is 3.55. The van der Waals surface area contributed by atoms with Crippen molar-refractivity contribution in [3.05, 3.63) is 47.3 Å². The average molecular weight is 327 g/mol. The van der Waals surface area contributed by atoms with Crippen LogP contribution in [0.2, 0.25) is 0 Å². The number of para-hydroxylation sites is 1. The highest BCUT2D eigenvalue weighted by Crippen LogP contribution is 2.34. The van der Waals surface area contributed by atoms with Gasteiger partial charge in [0.2, 0.25) is 5.91 Å². The normalized spacial score (nSPS) is 22.2. The van der Waals surface area contributed by atoms with E-state index >= 15 is 0 Å². The molecular formula is C18H21N3O3. The molecule has 0 spiro atoms. The number of hydrogen-bond donors (Lipinski definition) is 1. The first-order chi connectivity index (χ1) is 11.7. The maximum atomic E-state index is 12.7. The molecule has 1 aromatic carbocycles. The van der Waals surface area contributed by atoms with Gasteiger partial charge in [-0.25, -0.2) is 0 Å². The summed E-state index contributed by atoms with van der Waals surface area (Å²) in [7, 11) is 1.87. The number of fused-ring (bicyclic) bond motifs is 1. The minimum absolute atomic E-state index is 0.0225. The molecule has 2 aromatic rings. The number of ether oxygens (including phenoxy) is 2. The molecule has 1 N–H and O–H groups in total. The molecule has 2 aliphatic heterocycles. The van der Waals surface area contributed by atoms with Crippen molar-refractivity contribution in [2.75, 3.05) is 13.2 Å². The van der Waals surface area contributed by atoms with Gasteiger partial charge in [0.05, 0.1) is 18.2 Å². The summed E-state index contributed by atoms with van der Waals surface area (Å²) >= 11 is 0. The average Bonchev–Trinajstić information content (AvgIpc) is 3.31. The Balaban J connectivity index is 1.45. The fourth-order valence-corrected chi connectivity index (χ4v) is 3.55. The summed E-state index contributed by atoms with van der Waals surface area (Å²) in [5, 5.41) is 7.23. The van der Waals surface area contributed by atoms with Crippen molar-refractivity contribution in [3.63, 3.8) is 0 Å². The lowest BCUT2D eigenvalue weighted by Gasteiger charge is -2.19. The summed E-state index contributed by atoms with van der Waals surface area (Å²) in [6.07, 6.45) is 3.17. The van der Waals surface area contributed by atoms with E-state index in [1.807, 2.05) is 25.2 Å². The molecule has 24 heavy (non-hydrogen) atoms. The molecule has 0 aliphatic carbocycles. The number of amides is 1. The predicted molar refractivity (Wildman–Crippen MR) is 87.5 cm³/mol. The Morgan fingerprint density at radius 2 is 2.29 bits per heavy atom. The molecule has 0 unspecified atom stereocenters. The molecule has 3 heterocycles. The molecule has 6 nitrogen and oxygen atoms in total. The van der Waals surface area contributed by atoms with Crippen LogP contribution in [0.5, 0.6) is 5.75 Å². The van der Waals surface area contributed by atoms with Gasteiger partial charge in [0.1, 0.15) is 11.9 Å². The number of nitrogens with zero attached hydrogens (tertiary/aromatic N) is 2. The number of benzene rings is 1. The van der Waals surface area contributed by atoms with E-state index in [4.69, 9.17) is 9.47 Å². The molecule has 2 atom stereocenters. The van der Waals surface area contributed by atoms with E-state index in [0.29, 0.717) is 13.2 Å². The number of aromatic nitrogens is 2. The van der Waals surface area contributed by atoms with Crippen LogP contribution in [0.15, 0.2) is 30.5 Å². The molecule has 0 saturated carbocycles. The summed E-state index contributed by atoms with van der Waals surface area (Å²) in [5.41, 5.74) is 3.20. The van der Waals surface area contributed by atoms with Crippen LogP contribution in [-0.2, 0) is 29.5 Å². The van der Waals surface area contributed by atoms with E-state index < -0.39 is 0 Å². The number of nitrogens with one attached hydrogen (secondary N) is 1. The maximum Gasteiger partial charge on any atom is 0.226 e. The first kappa shape index (κ1) is 15.2. The monoisotopic (exact) mass is 327 g/mol. The van der Waals surface area contributed by atoms with Crippen LogP contribution in [0, 0.1) is 5.92 Å². The molecule has 2 aliphatic rings. The van der Waals surface area contributed by atoms with Crippen molar-refractivity contribution in [3.8, 4) is 5.75 Å². The molecule has 126 valence electrons. The minimum Gasteiger partial charge on any atom is -0.493 e. The summed E-state index contributed by atoms with van der Waals surface area (Å²) in [6, 6.07) is 8.02. The first-order valence-electron chi connectivity index (χ1n) is 8.35. The van der Waals surface area contributed by atoms with Crippen molar-refractivity contribution >= 4 is 5.91 Å². The van der Waals surface area contributed by atoms with E-state index in [1.165, 1.54) is 5.56 Å². The highest BCUT2D eigenvalue weighted by molar-refractivity contribution is 5.79. The van der Waals surface area contributed by atoms with Gasteiger partial charge in [-0.15, -0.1) is 0 Å². The van der Waals surface area contributed by atoms with Gasteiger partial charge in [0, 0.05) is 38.4 Å². The van der Waals surface area contributed by atoms with E-state index in [1.54, 1.807) is 10.9 Å². The molecular weight excluding hydrogens is 306 g/mol. The zero-order valence-electron chi connectivity index (χ0n) is 13.7. The zero-order chi connectivity index (χ0) is 16.5. The maximum absolute atomic E-state index is 12.7. The fraction of sp³-hybridized carbons (Fsp3) is 0.444. The third-order valence-corrected chi connectivity index (χ3v) is 4.83. The summed E-state index contributed by atoms with van der Waals surface area (Å²) in [6.45, 7) is 1.80. The quantitative estimate of drug-likeness (QED) is 0.929. The Labute approximate surface area is 140 Å². The topological polar surface area (TPSA) is 65.4 Å². The molecule has 0 radical (unpaired) electrons. The van der Waals surface area contributed by atoms with Crippen molar-refractivity contribution in [2.45, 2.75) is 25.5 Å². The summed E-state index contributed by atoms with van der Waals surface area (Å²) in [5.74, 6) is 0.774. The van der Waals surface area contributed by atoms with E-state index in [2.05, 4.69) is 16.5 Å². The Kier molecular flexibility index (Phi) is 3.98. The molecule has 0 bridgehead atoms. The standard InChI is InChI=1S/C18H21N3O3/c1-21-15(5-8-20-21)17-14(7-10-24-17)18(22)19-11-13-4-2-3-12-6-9-23-16(12)13/h2-5,8,14,17H,6-7,9-11H2,1H3,(H,19,22)/t14-,17-/m1/s1. The number of aryl methyl sites for hydroxylation is 1. The van der Waals surface area contributed by atoms with Crippen molar-refractivity contribution in [1.29, 1.82) is 0 Å². The minimum atomic E-state index is -0.227. The second-order valence-electron chi connectivity index (χ2n) is 6.29. The van der Waals surface area contributed by atoms with Gasteiger partial charge < -0.3 is 14.8 Å². The van der Waals surface area contributed by atoms with Gasteiger partial charge in [0.15, 0.2) is 0 Å². The molecule has 1 aromatic heterocycles. The lowest BCUT2D eigenvalue weighted by atomic mass is 9.97. The zero-order valence-corrected chi connectivity index (χ0v) is 13.7. The SMILES string of the molecule is Cn1nccc1[C@@H]1OCC[C@H]1C(=O)NCc1cccc2c1OCC2. The van der Waals surface area contributed by atoms with Crippen LogP contribution in [-0.4, -0.2) is 28.9 Å². The first-order valence-corrected chi connectivity index (χ1v) is 8.35. The second kappa shape index (κ2) is 6.28. The van der Waals surface area contributed by atoms with Gasteiger partial charge in [-0.3, -0.25) is 9.48 Å². The largest absolute Gasteiger partial charge is 0.493 e. The van der Waals surface area contributed by atoms with Crippen LogP contribution < -0.4 is 10.1 Å². The van der Waals surface area contributed by atoms with E-state index in [0.717, 1.165) is 36.5 Å². The Hall–Kier alpha value is -2.34. The number of rotatable bonds is 4. The third kappa shape index (κ3) is 2.67. The van der Waals surface area contributed by atoms with E-state index in [9.17, 15) is 4.79 Å². The van der Waals surface area contributed by atoms with Gasteiger partial charge in [0.25, 0.3) is 0 Å². The second-order valence-corrected chi connectivity index (χ2v) is 6.29. The van der Waals surface area contributed by atoms with Gasteiger partial charge >= 0.3 is 0 Å². The van der Waals surface area contributed by atoms with Crippen LogP contribution in [0.1, 0.15) is 29.3 Å². The third-order valence-electron chi connectivity index (χ3n) is 4.83. The molecule has 1 fully saturated rings. The van der Waals surface area contributed by atoms with Gasteiger partial charge in [-0.2, -0.15) is 5.10 Å². The summed E-state index contributed by atoms with van der Waals surface area (Å²) in [4.78, 5) is 12.7. The number of carbonyl (C=O) groups excluding carboxylic acids is 1. The summed E-state index contributed by atoms with van der Waals surface area (Å²) < 4.78 is 13.3. The Morgan fingerprint density at radius 1 is 1.38 bits per heavy atom. The lowest BCUT2D eigenvalue weighted by molar-refractivity contribution is -0.127. The Bertz CT molecular complexity index is 756. The highest BCUT2D eigenvalue weighted by atomic mass is 16.5. The lowest BCUT2D eigenvalue weighted by Crippen LogP contribution is -2.32. The number of carbonyl (C=O) groups is 1. The Morgan fingerprint density at radius 3 is 3.12 bits per heavy atom. The van der Waals surface area contributed by atoms with Crippen molar-refractivity contribution in [1.82, 2.24) is 15.1 Å².